The molecular formula is C14H18Ac3ClN5O5. The van der Waals surface area contributed by atoms with Crippen LogP contribution >= 0.6 is 11.6 Å². The van der Waals surface area contributed by atoms with Crippen LogP contribution in [0.25, 0.3) is 11.2 Å². The molecule has 0 bridgehead atoms. The van der Waals surface area contributed by atoms with Gasteiger partial charge in [0.2, 0.25) is 5.28 Å². The van der Waals surface area contributed by atoms with Crippen molar-refractivity contribution in [2.75, 3.05) is 25.1 Å². The quantitative estimate of drug-likeness (QED) is 0.294. The summed E-state index contributed by atoms with van der Waals surface area (Å²) in [5.74, 6) is 0.469. The number of hydrogen-bond acceptors (Lipinski definition) is 9. The molecule has 4 N–H and O–H groups in total. The molecule has 2 saturated heterocycles. The van der Waals surface area contributed by atoms with Gasteiger partial charge in [0, 0.05) is 139 Å². The van der Waals surface area contributed by atoms with Gasteiger partial charge in [-0.2, -0.15) is 9.97 Å². The SMILES string of the molecule is OCC1OC(n2cnc3c(NC4CCOC4)nc(Cl)nc32)C(O)C1O.[Ac].[Ac].[Ac]. The van der Waals surface area contributed by atoms with E-state index in [0.29, 0.717) is 30.2 Å². The first-order valence-electron chi connectivity index (χ1n) is 7.95. The molecule has 0 amide bonds. The van der Waals surface area contributed by atoms with Crippen molar-refractivity contribution in [1.29, 1.82) is 0 Å². The van der Waals surface area contributed by atoms with Gasteiger partial charge in [-0.05, 0) is 18.0 Å². The minimum Gasteiger partial charge on any atom is -0.394 e. The van der Waals surface area contributed by atoms with Crippen LogP contribution in [0.5, 0.6) is 0 Å². The van der Waals surface area contributed by atoms with E-state index in [1.165, 1.54) is 10.9 Å². The molecule has 4 rings (SSSR count). The molecule has 2 aliphatic heterocycles. The summed E-state index contributed by atoms with van der Waals surface area (Å²) in [7, 11) is 0. The Hall–Kier alpha value is 2.76. The standard InChI is InChI=1S/C14H18ClN5O5.3Ac/c15-14-18-11(17-6-1-2-24-4-6)8-12(19-14)20(5-16-8)13-10(23)9(22)7(3-21)25-13;;;/h5-7,9-10,13,21-23H,1-4H2,(H,17,18,19);;;. The number of aliphatic hydroxyl groups excluding tert-OH is 3. The zero-order valence-electron chi connectivity index (χ0n) is 14.8. The molecule has 5 unspecified atom stereocenters. The Morgan fingerprint density at radius 2 is 1.96 bits per heavy atom. The molecule has 10 nitrogen and oxygen atoms in total. The van der Waals surface area contributed by atoms with Crippen molar-refractivity contribution in [2.45, 2.75) is 37.0 Å². The minimum absolute atomic E-state index is 0. The number of nitrogens with one attached hydrogen (secondary N) is 1. The maximum absolute atomic E-state index is 10.2. The van der Waals surface area contributed by atoms with Crippen LogP contribution in [0.3, 0.4) is 0 Å². The number of aliphatic hydroxyl groups is 3. The van der Waals surface area contributed by atoms with Crippen molar-refractivity contribution in [2.24, 2.45) is 0 Å². The number of anilines is 1. The molecule has 145 valence electrons. The van der Waals surface area contributed by atoms with E-state index < -0.39 is 31.1 Å². The number of hydrogen-bond donors (Lipinski definition) is 4. The normalized spacial score (nSPS) is 29.1. The Kier molecular flexibility index (Phi) is 13.2. The van der Waals surface area contributed by atoms with Crippen LogP contribution in [0.15, 0.2) is 6.33 Å². The van der Waals surface area contributed by atoms with Gasteiger partial charge in [0.05, 0.1) is 25.6 Å². The molecule has 0 aromatic carbocycles. The molecule has 14 heteroatoms. The first kappa shape index (κ1) is 28.8. The van der Waals surface area contributed by atoms with Crippen LogP contribution in [-0.2, 0) is 9.47 Å². The molecule has 2 aromatic heterocycles. The number of aromatic nitrogens is 4. The molecule has 3 radical (unpaired) electrons. The number of ether oxygens (including phenoxy) is 2. The average Bonchev–Trinajstić information content (AvgIpc) is 3.29. The van der Waals surface area contributed by atoms with Crippen LogP contribution in [0.1, 0.15) is 12.6 Å². The molecule has 2 aliphatic rings. The van der Waals surface area contributed by atoms with Gasteiger partial charge in [0.25, 0.3) is 0 Å². The van der Waals surface area contributed by atoms with E-state index in [9.17, 15) is 15.3 Å². The Morgan fingerprint density at radius 1 is 1.21 bits per heavy atom. The van der Waals surface area contributed by atoms with Gasteiger partial charge in [-0.25, -0.2) is 4.98 Å². The molecule has 0 saturated carbocycles. The summed E-state index contributed by atoms with van der Waals surface area (Å²) in [5, 5.41) is 32.7. The van der Waals surface area contributed by atoms with Gasteiger partial charge in [0.1, 0.15) is 18.3 Å². The van der Waals surface area contributed by atoms with Gasteiger partial charge in [-0.15, -0.1) is 0 Å². The number of imidazole rings is 1. The summed E-state index contributed by atoms with van der Waals surface area (Å²) < 4.78 is 12.3. The fourth-order valence-electron chi connectivity index (χ4n) is 3.13. The third kappa shape index (κ3) is 6.01. The van der Waals surface area contributed by atoms with Crippen LogP contribution in [-0.4, -0.2) is 79.0 Å². The van der Waals surface area contributed by atoms with Crippen molar-refractivity contribution in [3.05, 3.63) is 11.6 Å². The Morgan fingerprint density at radius 3 is 2.57 bits per heavy atom. The van der Waals surface area contributed by atoms with E-state index in [1.807, 2.05) is 0 Å². The predicted molar refractivity (Wildman–Crippen MR) is 86.2 cm³/mol. The van der Waals surface area contributed by atoms with Gasteiger partial charge in [-0.1, -0.05) is 0 Å². The van der Waals surface area contributed by atoms with Crippen molar-refractivity contribution in [1.82, 2.24) is 19.5 Å². The average molecular weight is 1050 g/mol. The molecular weight excluding hydrogens is 1030 g/mol. The first-order valence-corrected chi connectivity index (χ1v) is 8.33. The second-order valence-electron chi connectivity index (χ2n) is 6.10. The number of rotatable bonds is 4. The second-order valence-corrected chi connectivity index (χ2v) is 6.44. The topological polar surface area (TPSA) is 135 Å². The summed E-state index contributed by atoms with van der Waals surface area (Å²) >= 11 is 6.04. The zero-order chi connectivity index (χ0) is 17.6. The van der Waals surface area contributed by atoms with Gasteiger partial charge in [0.15, 0.2) is 23.2 Å². The fourth-order valence-corrected chi connectivity index (χ4v) is 3.29. The van der Waals surface area contributed by atoms with E-state index >= 15 is 0 Å². The van der Waals surface area contributed by atoms with Gasteiger partial charge >= 0.3 is 0 Å². The van der Waals surface area contributed by atoms with Crippen LogP contribution in [0.2, 0.25) is 5.28 Å². The van der Waals surface area contributed by atoms with Gasteiger partial charge < -0.3 is 30.1 Å². The third-order valence-corrected chi connectivity index (χ3v) is 4.63. The van der Waals surface area contributed by atoms with Crippen LogP contribution in [0.4, 0.5) is 5.82 Å². The first-order chi connectivity index (χ1) is 12.1. The summed E-state index contributed by atoms with van der Waals surface area (Å²) in [6, 6.07) is 0.105. The molecule has 2 aromatic rings. The minimum atomic E-state index is -1.23. The molecule has 2 fully saturated rings. The third-order valence-electron chi connectivity index (χ3n) is 4.46. The number of nitrogens with zero attached hydrogens (tertiary/aromatic N) is 4. The predicted octanol–water partition coefficient (Wildman–Crippen LogP) is -0.708. The number of halogens is 1. The summed E-state index contributed by atoms with van der Waals surface area (Å²) in [5.41, 5.74) is 0.824. The van der Waals surface area contributed by atoms with Crippen LogP contribution < -0.4 is 5.32 Å². The van der Waals surface area contributed by atoms with E-state index in [0.717, 1.165) is 6.42 Å². The largest absolute Gasteiger partial charge is 0.394 e. The summed E-state index contributed by atoms with van der Waals surface area (Å²) in [6.45, 7) is 0.834. The fraction of sp³-hybridized carbons (Fsp3) is 0.643. The maximum atomic E-state index is 10.2. The molecule has 28 heavy (non-hydrogen) atoms. The number of fused-ring (bicyclic) bond motifs is 1. The Bertz CT molecular complexity index is 781. The van der Waals surface area contributed by atoms with E-state index in [1.54, 1.807) is 0 Å². The Labute approximate surface area is 273 Å². The molecule has 4 heterocycles. The van der Waals surface area contributed by atoms with Gasteiger partial charge in [-0.3, -0.25) is 4.57 Å². The zero-order valence-corrected chi connectivity index (χ0v) is 29.8. The van der Waals surface area contributed by atoms with E-state index in [2.05, 4.69) is 20.3 Å². The molecule has 5 atom stereocenters. The summed E-state index contributed by atoms with van der Waals surface area (Å²) in [4.78, 5) is 12.7. The smallest absolute Gasteiger partial charge is 0.226 e. The maximum Gasteiger partial charge on any atom is 0.226 e. The molecule has 0 spiro atoms. The van der Waals surface area contributed by atoms with E-state index in [4.69, 9.17) is 21.1 Å². The monoisotopic (exact) mass is 1050 g/mol. The van der Waals surface area contributed by atoms with Crippen molar-refractivity contribution < 1.29 is 157 Å². The van der Waals surface area contributed by atoms with Crippen LogP contribution in [0, 0.1) is 132 Å². The van der Waals surface area contributed by atoms with E-state index in [-0.39, 0.29) is 144 Å². The second kappa shape index (κ2) is 12.9. The molecule has 0 aliphatic carbocycles. The van der Waals surface area contributed by atoms with Crippen molar-refractivity contribution in [3.63, 3.8) is 0 Å². The van der Waals surface area contributed by atoms with Crippen molar-refractivity contribution >= 4 is 28.6 Å². The van der Waals surface area contributed by atoms with Crippen molar-refractivity contribution in [3.8, 4) is 0 Å². The Balaban J connectivity index is 0.00000131. The summed E-state index contributed by atoms with van der Waals surface area (Å²) in [6.07, 6.45) is -1.99.